The Morgan fingerprint density at radius 2 is 2.12 bits per heavy atom. The molecule has 0 bridgehead atoms. The summed E-state index contributed by atoms with van der Waals surface area (Å²) >= 11 is 2.69. The predicted molar refractivity (Wildman–Crippen MR) is 119 cm³/mol. The molecule has 3 aromatic rings. The van der Waals surface area contributed by atoms with Crippen LogP contribution in [0.1, 0.15) is 6.92 Å². The van der Waals surface area contributed by atoms with Gasteiger partial charge in [0.05, 0.1) is 28.7 Å². The van der Waals surface area contributed by atoms with E-state index >= 15 is 0 Å². The van der Waals surface area contributed by atoms with Crippen LogP contribution in [0.25, 0.3) is 10.7 Å². The standard InChI is InChI=1S/C19H19N5O6S2/c1-3-23-18(15-5-4-8-31-15)21-22-19(23)32-11-17(26)30-10-16(25)20-13-7-6-12(29-2)9-14(13)24(27)28/h4-9H,3,10-11H2,1-2H3,(H,20,25). The number of hydrogen-bond acceptors (Lipinski definition) is 10. The van der Waals surface area contributed by atoms with Gasteiger partial charge in [0.1, 0.15) is 11.4 Å². The van der Waals surface area contributed by atoms with Crippen molar-refractivity contribution in [2.75, 3.05) is 24.8 Å². The number of carbonyl (C=O) groups excluding carboxylic acids is 2. The van der Waals surface area contributed by atoms with Crippen LogP contribution in [0.3, 0.4) is 0 Å². The minimum absolute atomic E-state index is 0.0247. The predicted octanol–water partition coefficient (Wildman–Crippen LogP) is 3.22. The second-order valence-corrected chi connectivity index (χ2v) is 8.06. The highest BCUT2D eigenvalue weighted by atomic mass is 32.2. The first-order chi connectivity index (χ1) is 15.4. The minimum Gasteiger partial charge on any atom is -0.496 e. The van der Waals surface area contributed by atoms with Crippen molar-refractivity contribution in [1.29, 1.82) is 0 Å². The fourth-order valence-electron chi connectivity index (χ4n) is 2.66. The summed E-state index contributed by atoms with van der Waals surface area (Å²) in [5.74, 6) is -0.399. The molecule has 2 heterocycles. The average Bonchev–Trinajstić information content (AvgIpc) is 3.45. The van der Waals surface area contributed by atoms with Gasteiger partial charge in [0.25, 0.3) is 11.6 Å². The lowest BCUT2D eigenvalue weighted by Gasteiger charge is -2.08. The van der Waals surface area contributed by atoms with Crippen LogP contribution in [0, 0.1) is 10.1 Å². The Labute approximate surface area is 190 Å². The van der Waals surface area contributed by atoms with Crippen molar-refractivity contribution in [1.82, 2.24) is 14.8 Å². The molecule has 0 aliphatic heterocycles. The number of thioether (sulfide) groups is 1. The van der Waals surface area contributed by atoms with Crippen molar-refractivity contribution in [3.05, 3.63) is 45.8 Å². The molecule has 0 unspecified atom stereocenters. The molecule has 168 valence electrons. The normalized spacial score (nSPS) is 10.6. The Morgan fingerprint density at radius 3 is 2.78 bits per heavy atom. The number of methoxy groups -OCH3 is 1. The molecule has 0 radical (unpaired) electrons. The highest BCUT2D eigenvalue weighted by Gasteiger charge is 2.19. The number of nitrogens with zero attached hydrogens (tertiary/aromatic N) is 4. The van der Waals surface area contributed by atoms with Gasteiger partial charge in [0.15, 0.2) is 17.6 Å². The van der Waals surface area contributed by atoms with Crippen LogP contribution in [0.15, 0.2) is 40.9 Å². The van der Waals surface area contributed by atoms with Gasteiger partial charge in [-0.1, -0.05) is 17.8 Å². The third-order valence-corrected chi connectivity index (χ3v) is 5.94. The van der Waals surface area contributed by atoms with Gasteiger partial charge in [0.2, 0.25) is 0 Å². The molecule has 0 fully saturated rings. The summed E-state index contributed by atoms with van der Waals surface area (Å²) in [5.41, 5.74) is -0.358. The lowest BCUT2D eigenvalue weighted by Crippen LogP contribution is -2.22. The smallest absolute Gasteiger partial charge is 0.316 e. The molecule has 1 N–H and O–H groups in total. The molecule has 3 rings (SSSR count). The van der Waals surface area contributed by atoms with Crippen LogP contribution >= 0.6 is 23.1 Å². The number of nitro groups is 1. The Bertz CT molecular complexity index is 1120. The largest absolute Gasteiger partial charge is 0.496 e. The van der Waals surface area contributed by atoms with Crippen LogP contribution < -0.4 is 10.1 Å². The molecule has 0 atom stereocenters. The average molecular weight is 478 g/mol. The quantitative estimate of drug-likeness (QED) is 0.202. The van der Waals surface area contributed by atoms with E-state index in [0.717, 1.165) is 22.5 Å². The van der Waals surface area contributed by atoms with E-state index in [1.165, 1.54) is 25.3 Å². The maximum atomic E-state index is 12.1. The topological polar surface area (TPSA) is 138 Å². The van der Waals surface area contributed by atoms with Crippen molar-refractivity contribution in [2.45, 2.75) is 18.6 Å². The second-order valence-electron chi connectivity index (χ2n) is 6.17. The van der Waals surface area contributed by atoms with E-state index in [1.54, 1.807) is 11.3 Å². The highest BCUT2D eigenvalue weighted by Crippen LogP contribution is 2.29. The monoisotopic (exact) mass is 477 g/mol. The Hall–Kier alpha value is -3.45. The molecule has 1 amide bonds. The number of benzene rings is 1. The number of nitro benzene ring substituents is 1. The lowest BCUT2D eigenvalue weighted by molar-refractivity contribution is -0.384. The summed E-state index contributed by atoms with van der Waals surface area (Å²) in [7, 11) is 1.38. The summed E-state index contributed by atoms with van der Waals surface area (Å²) in [5, 5.41) is 24.4. The van der Waals surface area contributed by atoms with Crippen LogP contribution in [0.2, 0.25) is 0 Å². The maximum absolute atomic E-state index is 12.1. The van der Waals surface area contributed by atoms with Gasteiger partial charge < -0.3 is 19.4 Å². The number of hydrogen-bond donors (Lipinski definition) is 1. The van der Waals surface area contributed by atoms with Gasteiger partial charge in [-0.15, -0.1) is 21.5 Å². The molecular weight excluding hydrogens is 458 g/mol. The van der Waals surface area contributed by atoms with Crippen molar-refractivity contribution in [2.24, 2.45) is 0 Å². The number of aromatic nitrogens is 3. The van der Waals surface area contributed by atoms with E-state index in [2.05, 4.69) is 15.5 Å². The number of ether oxygens (including phenoxy) is 2. The lowest BCUT2D eigenvalue weighted by atomic mass is 10.2. The first-order valence-corrected chi connectivity index (χ1v) is 11.2. The molecule has 13 heteroatoms. The minimum atomic E-state index is -0.701. The van der Waals surface area contributed by atoms with Crippen LogP contribution in [-0.4, -0.2) is 51.0 Å². The van der Waals surface area contributed by atoms with E-state index in [0.29, 0.717) is 11.7 Å². The number of amides is 1. The molecule has 0 aliphatic carbocycles. The SMILES string of the molecule is CCn1c(SCC(=O)OCC(=O)Nc2ccc(OC)cc2[N+](=O)[O-])nnc1-c1cccs1. The zero-order chi connectivity index (χ0) is 23.1. The third-order valence-electron chi connectivity index (χ3n) is 4.13. The Balaban J connectivity index is 1.53. The molecular formula is C19H19N5O6S2. The van der Waals surface area contributed by atoms with Crippen LogP contribution in [0.5, 0.6) is 5.75 Å². The van der Waals surface area contributed by atoms with E-state index in [4.69, 9.17) is 9.47 Å². The van der Waals surface area contributed by atoms with E-state index in [9.17, 15) is 19.7 Å². The molecule has 0 aliphatic rings. The molecule has 0 saturated heterocycles. The zero-order valence-electron chi connectivity index (χ0n) is 17.1. The number of esters is 1. The Kier molecular flexibility index (Phi) is 7.78. The van der Waals surface area contributed by atoms with Crippen molar-refractivity contribution in [3.8, 4) is 16.5 Å². The summed E-state index contributed by atoms with van der Waals surface area (Å²) in [6, 6.07) is 7.86. The number of rotatable bonds is 10. The number of nitrogens with one attached hydrogen (secondary N) is 1. The van der Waals surface area contributed by atoms with E-state index in [1.807, 2.05) is 29.0 Å². The van der Waals surface area contributed by atoms with Crippen molar-refractivity contribution >= 4 is 46.3 Å². The van der Waals surface area contributed by atoms with Crippen LogP contribution in [0.4, 0.5) is 11.4 Å². The van der Waals surface area contributed by atoms with Gasteiger partial charge in [-0.3, -0.25) is 19.7 Å². The number of anilines is 1. The molecule has 11 nitrogen and oxygen atoms in total. The first kappa shape index (κ1) is 23.2. The fourth-order valence-corrected chi connectivity index (χ4v) is 4.18. The number of carbonyl (C=O) groups is 2. The van der Waals surface area contributed by atoms with Crippen LogP contribution in [-0.2, 0) is 20.9 Å². The zero-order valence-corrected chi connectivity index (χ0v) is 18.8. The molecule has 2 aromatic heterocycles. The first-order valence-electron chi connectivity index (χ1n) is 9.30. The van der Waals surface area contributed by atoms with Crippen molar-refractivity contribution in [3.63, 3.8) is 0 Å². The molecule has 0 spiro atoms. The van der Waals surface area contributed by atoms with Gasteiger partial charge in [-0.05, 0) is 30.5 Å². The Morgan fingerprint density at radius 1 is 1.31 bits per heavy atom. The molecule has 32 heavy (non-hydrogen) atoms. The van der Waals surface area contributed by atoms with Gasteiger partial charge in [-0.2, -0.15) is 0 Å². The van der Waals surface area contributed by atoms with E-state index in [-0.39, 0.29) is 22.9 Å². The molecule has 0 saturated carbocycles. The van der Waals surface area contributed by atoms with Gasteiger partial charge in [0, 0.05) is 6.54 Å². The van der Waals surface area contributed by atoms with Gasteiger partial charge >= 0.3 is 5.97 Å². The second kappa shape index (κ2) is 10.7. The summed E-state index contributed by atoms with van der Waals surface area (Å²) in [6.45, 7) is 2.00. The number of thiophene rings is 1. The summed E-state index contributed by atoms with van der Waals surface area (Å²) in [4.78, 5) is 35.7. The summed E-state index contributed by atoms with van der Waals surface area (Å²) < 4.78 is 11.8. The van der Waals surface area contributed by atoms with E-state index < -0.39 is 23.4 Å². The fraction of sp³-hybridized carbons (Fsp3) is 0.263. The summed E-state index contributed by atoms with van der Waals surface area (Å²) in [6.07, 6.45) is 0. The van der Waals surface area contributed by atoms with Gasteiger partial charge in [-0.25, -0.2) is 0 Å². The highest BCUT2D eigenvalue weighted by molar-refractivity contribution is 7.99. The third kappa shape index (κ3) is 5.62. The maximum Gasteiger partial charge on any atom is 0.316 e. The molecule has 1 aromatic carbocycles. The van der Waals surface area contributed by atoms with Crippen molar-refractivity contribution < 1.29 is 24.0 Å².